The quantitative estimate of drug-likeness (QED) is 0.250. The summed E-state index contributed by atoms with van der Waals surface area (Å²) >= 11 is 0. The zero-order valence-electron chi connectivity index (χ0n) is 16.8. The standard InChI is InChI=1S/C20H44NO2.ClH/c1-5-6-7-8-9-10-11-12-13-14-15-16-17-18-20(23)21(3,4)19(2)22;/h19-20,22-23H,5-18H2,1-4H3;1H/q+1;/p-1. The van der Waals surface area contributed by atoms with E-state index in [1.54, 1.807) is 6.92 Å². The van der Waals surface area contributed by atoms with Crippen molar-refractivity contribution >= 4 is 0 Å². The molecule has 4 heteroatoms. The smallest absolute Gasteiger partial charge is 0.192 e. The number of hydrogen-bond donors (Lipinski definition) is 2. The molecule has 2 unspecified atom stereocenters. The average molecular weight is 366 g/mol. The largest absolute Gasteiger partial charge is 1.00 e. The van der Waals surface area contributed by atoms with Gasteiger partial charge in [0.2, 0.25) is 0 Å². The lowest BCUT2D eigenvalue weighted by Crippen LogP contribution is -3.00. The van der Waals surface area contributed by atoms with Gasteiger partial charge in [-0.15, -0.1) is 0 Å². The molecule has 0 radical (unpaired) electrons. The van der Waals surface area contributed by atoms with E-state index in [2.05, 4.69) is 6.92 Å². The third-order valence-electron chi connectivity index (χ3n) is 5.30. The molecule has 0 saturated heterocycles. The van der Waals surface area contributed by atoms with Gasteiger partial charge in [-0.05, 0) is 6.42 Å². The van der Waals surface area contributed by atoms with Gasteiger partial charge in [-0.3, -0.25) is 4.48 Å². The Morgan fingerprint density at radius 3 is 1.33 bits per heavy atom. The minimum atomic E-state index is -0.521. The SMILES string of the molecule is CCCCCCCCCCCCCCCC(O)[N+](C)(C)C(C)O.[Cl-]. The number of rotatable bonds is 16. The van der Waals surface area contributed by atoms with Gasteiger partial charge in [0.25, 0.3) is 0 Å². The minimum Gasteiger partial charge on any atom is -1.00 e. The third kappa shape index (κ3) is 13.5. The van der Waals surface area contributed by atoms with Crippen LogP contribution in [-0.2, 0) is 0 Å². The predicted molar refractivity (Wildman–Crippen MR) is 100 cm³/mol. The van der Waals surface area contributed by atoms with Crippen LogP contribution in [0.25, 0.3) is 0 Å². The molecule has 0 heterocycles. The Balaban J connectivity index is 0. The Hall–Kier alpha value is 0.170. The van der Waals surface area contributed by atoms with Crippen molar-refractivity contribution in [2.45, 2.75) is 116 Å². The highest BCUT2D eigenvalue weighted by molar-refractivity contribution is 4.51. The summed E-state index contributed by atoms with van der Waals surface area (Å²) in [6.45, 7) is 4.01. The summed E-state index contributed by atoms with van der Waals surface area (Å²) in [5, 5.41) is 19.8. The molecule has 0 aromatic carbocycles. The summed E-state index contributed by atoms with van der Waals surface area (Å²) in [7, 11) is 3.77. The molecular formula is C20H44ClNO2. The highest BCUT2D eigenvalue weighted by Gasteiger charge is 2.30. The van der Waals surface area contributed by atoms with Crippen molar-refractivity contribution in [1.82, 2.24) is 0 Å². The van der Waals surface area contributed by atoms with Crippen molar-refractivity contribution in [3.05, 3.63) is 0 Å². The van der Waals surface area contributed by atoms with Crippen molar-refractivity contribution in [3.8, 4) is 0 Å². The highest BCUT2D eigenvalue weighted by Crippen LogP contribution is 2.17. The summed E-state index contributed by atoms with van der Waals surface area (Å²) < 4.78 is 0.276. The number of nitrogens with zero attached hydrogens (tertiary/aromatic N) is 1. The predicted octanol–water partition coefficient (Wildman–Crippen LogP) is 2.20. The molecule has 0 spiro atoms. The van der Waals surface area contributed by atoms with Crippen LogP contribution in [0.1, 0.15) is 104 Å². The second kappa shape index (κ2) is 16.6. The molecular weight excluding hydrogens is 322 g/mol. The first-order valence-corrected chi connectivity index (χ1v) is 10.1. The van der Waals surface area contributed by atoms with E-state index in [9.17, 15) is 10.2 Å². The van der Waals surface area contributed by atoms with Crippen LogP contribution in [0.15, 0.2) is 0 Å². The average Bonchev–Trinajstić information content (AvgIpc) is 2.51. The Labute approximate surface area is 157 Å². The fraction of sp³-hybridized carbons (Fsp3) is 1.00. The Morgan fingerprint density at radius 2 is 1.00 bits per heavy atom. The van der Waals surface area contributed by atoms with E-state index >= 15 is 0 Å². The van der Waals surface area contributed by atoms with Crippen LogP contribution in [0.2, 0.25) is 0 Å². The number of aliphatic hydroxyl groups excluding tert-OH is 2. The maximum Gasteiger partial charge on any atom is 0.192 e. The van der Waals surface area contributed by atoms with Gasteiger partial charge in [-0.1, -0.05) is 84.0 Å². The molecule has 0 bridgehead atoms. The molecule has 0 aromatic heterocycles. The van der Waals surface area contributed by atoms with Gasteiger partial charge < -0.3 is 22.6 Å². The van der Waals surface area contributed by atoms with Crippen molar-refractivity contribution in [1.29, 1.82) is 0 Å². The summed E-state index contributed by atoms with van der Waals surface area (Å²) in [4.78, 5) is 0. The molecule has 0 saturated carbocycles. The summed E-state index contributed by atoms with van der Waals surface area (Å²) in [5.74, 6) is 0. The van der Waals surface area contributed by atoms with Gasteiger partial charge in [0, 0.05) is 13.3 Å². The fourth-order valence-electron chi connectivity index (χ4n) is 2.93. The first-order valence-electron chi connectivity index (χ1n) is 10.1. The van der Waals surface area contributed by atoms with Crippen LogP contribution >= 0.6 is 0 Å². The van der Waals surface area contributed by atoms with Gasteiger partial charge >= 0.3 is 0 Å². The molecule has 0 aromatic rings. The Kier molecular flexibility index (Phi) is 18.3. The van der Waals surface area contributed by atoms with E-state index in [4.69, 9.17) is 0 Å². The van der Waals surface area contributed by atoms with Crippen molar-refractivity contribution in [2.75, 3.05) is 14.1 Å². The molecule has 3 nitrogen and oxygen atoms in total. The van der Waals surface area contributed by atoms with E-state index in [1.165, 1.54) is 77.0 Å². The van der Waals surface area contributed by atoms with Gasteiger partial charge in [0.1, 0.15) is 0 Å². The fourth-order valence-corrected chi connectivity index (χ4v) is 2.93. The number of halogens is 1. The normalized spacial score (nSPS) is 14.2. The van der Waals surface area contributed by atoms with Gasteiger partial charge in [0.15, 0.2) is 12.5 Å². The second-order valence-corrected chi connectivity index (χ2v) is 7.77. The summed E-state index contributed by atoms with van der Waals surface area (Å²) in [6, 6.07) is 0. The highest BCUT2D eigenvalue weighted by atomic mass is 35.5. The van der Waals surface area contributed by atoms with Crippen molar-refractivity contribution in [3.63, 3.8) is 0 Å². The van der Waals surface area contributed by atoms with Crippen LogP contribution in [0.4, 0.5) is 0 Å². The van der Waals surface area contributed by atoms with Crippen molar-refractivity contribution < 1.29 is 27.1 Å². The zero-order chi connectivity index (χ0) is 17.6. The van der Waals surface area contributed by atoms with Crippen molar-refractivity contribution in [2.24, 2.45) is 0 Å². The molecule has 24 heavy (non-hydrogen) atoms. The van der Waals surface area contributed by atoms with Gasteiger partial charge in [0.05, 0.1) is 14.1 Å². The van der Waals surface area contributed by atoms with E-state index in [-0.39, 0.29) is 16.9 Å². The van der Waals surface area contributed by atoms with Crippen LogP contribution in [0.5, 0.6) is 0 Å². The Bertz CT molecular complexity index is 260. The van der Waals surface area contributed by atoms with Crippen LogP contribution in [-0.4, -0.2) is 41.2 Å². The summed E-state index contributed by atoms with van der Waals surface area (Å²) in [6.07, 6.45) is 17.3. The molecule has 148 valence electrons. The lowest BCUT2D eigenvalue weighted by molar-refractivity contribution is -0.976. The number of aliphatic hydroxyl groups is 2. The Morgan fingerprint density at radius 1 is 0.667 bits per heavy atom. The third-order valence-corrected chi connectivity index (χ3v) is 5.30. The molecule has 0 fully saturated rings. The molecule has 0 aliphatic rings. The molecule has 0 rings (SSSR count). The maximum atomic E-state index is 10.1. The molecule has 2 atom stereocenters. The number of unbranched alkanes of at least 4 members (excludes halogenated alkanes) is 12. The summed E-state index contributed by atoms with van der Waals surface area (Å²) in [5.41, 5.74) is 0. The monoisotopic (exact) mass is 365 g/mol. The van der Waals surface area contributed by atoms with Crippen LogP contribution < -0.4 is 12.4 Å². The van der Waals surface area contributed by atoms with E-state index in [0.717, 1.165) is 12.8 Å². The maximum absolute atomic E-state index is 10.1. The first kappa shape index (κ1) is 26.4. The number of quaternary nitrogens is 1. The minimum absolute atomic E-state index is 0. The number of hydrogen-bond acceptors (Lipinski definition) is 2. The topological polar surface area (TPSA) is 40.5 Å². The second-order valence-electron chi connectivity index (χ2n) is 7.77. The zero-order valence-corrected chi connectivity index (χ0v) is 17.5. The van der Waals surface area contributed by atoms with E-state index < -0.39 is 12.5 Å². The molecule has 0 amide bonds. The molecule has 0 aliphatic carbocycles. The lowest BCUT2D eigenvalue weighted by atomic mass is 10.0. The van der Waals surface area contributed by atoms with Gasteiger partial charge in [-0.2, -0.15) is 0 Å². The first-order chi connectivity index (χ1) is 10.9. The van der Waals surface area contributed by atoms with Crippen LogP contribution in [0.3, 0.4) is 0 Å². The van der Waals surface area contributed by atoms with E-state index in [1.807, 2.05) is 14.1 Å². The van der Waals surface area contributed by atoms with E-state index in [0.29, 0.717) is 0 Å². The van der Waals surface area contributed by atoms with Gasteiger partial charge in [-0.25, -0.2) is 0 Å². The molecule has 0 aliphatic heterocycles. The molecule has 2 N–H and O–H groups in total. The van der Waals surface area contributed by atoms with Crippen LogP contribution in [0, 0.1) is 0 Å². The lowest BCUT2D eigenvalue weighted by Gasteiger charge is -2.37.